The van der Waals surface area contributed by atoms with E-state index in [4.69, 9.17) is 5.73 Å². The molecule has 0 heterocycles. The number of nitrogens with two attached hydrogens (primary N) is 1. The van der Waals surface area contributed by atoms with Crippen LogP contribution in [0.5, 0.6) is 0 Å². The maximum atomic E-state index is 5.62. The first-order chi connectivity index (χ1) is 5.47. The Labute approximate surface area is 76.7 Å². The molecule has 0 bridgehead atoms. The Kier molecular flexibility index (Phi) is 2.82. The van der Waals surface area contributed by atoms with Crippen molar-refractivity contribution in [3.05, 3.63) is 6.42 Å². The molecule has 0 spiro atoms. The van der Waals surface area contributed by atoms with Crippen molar-refractivity contribution in [2.75, 3.05) is 6.54 Å². The number of rotatable bonds is 2. The van der Waals surface area contributed by atoms with Crippen LogP contribution in [0.15, 0.2) is 0 Å². The van der Waals surface area contributed by atoms with Gasteiger partial charge >= 0.3 is 0 Å². The van der Waals surface area contributed by atoms with E-state index in [9.17, 15) is 0 Å². The zero-order chi connectivity index (χ0) is 9.24. The normalized spacial score (nSPS) is 35.0. The van der Waals surface area contributed by atoms with Crippen LogP contribution in [0.4, 0.5) is 0 Å². The molecule has 2 N–H and O–H groups in total. The van der Waals surface area contributed by atoms with Crippen molar-refractivity contribution in [2.45, 2.75) is 46.5 Å². The molecule has 0 aromatic rings. The summed E-state index contributed by atoms with van der Waals surface area (Å²) in [6.45, 7) is 7.92. The maximum Gasteiger partial charge on any atom is -0.00721 e. The first-order valence-corrected chi connectivity index (χ1v) is 4.99. The van der Waals surface area contributed by atoms with Gasteiger partial charge in [-0.15, -0.1) is 0 Å². The van der Waals surface area contributed by atoms with E-state index >= 15 is 0 Å². The van der Waals surface area contributed by atoms with Gasteiger partial charge in [0.05, 0.1) is 0 Å². The Balaban J connectivity index is 2.55. The van der Waals surface area contributed by atoms with E-state index in [-0.39, 0.29) is 0 Å². The highest BCUT2D eigenvalue weighted by molar-refractivity contribution is 4.94. The molecule has 1 atom stereocenters. The average Bonchev–Trinajstić information content (AvgIpc) is 1.83. The summed E-state index contributed by atoms with van der Waals surface area (Å²) in [6, 6.07) is 0. The Morgan fingerprint density at radius 3 is 2.42 bits per heavy atom. The Morgan fingerprint density at radius 1 is 1.25 bits per heavy atom. The van der Waals surface area contributed by atoms with E-state index in [1.165, 1.54) is 25.7 Å². The van der Waals surface area contributed by atoms with Gasteiger partial charge in [-0.2, -0.15) is 0 Å². The van der Waals surface area contributed by atoms with Crippen LogP contribution in [0, 0.1) is 17.3 Å². The van der Waals surface area contributed by atoms with E-state index in [2.05, 4.69) is 27.2 Å². The molecule has 0 aromatic carbocycles. The van der Waals surface area contributed by atoms with Crippen LogP contribution in [0.3, 0.4) is 0 Å². The zero-order valence-electron chi connectivity index (χ0n) is 8.69. The largest absolute Gasteiger partial charge is 0.330 e. The van der Waals surface area contributed by atoms with Gasteiger partial charge in [0.15, 0.2) is 0 Å². The highest BCUT2D eigenvalue weighted by Gasteiger charge is 2.35. The third-order valence-electron chi connectivity index (χ3n) is 2.99. The van der Waals surface area contributed by atoms with Crippen molar-refractivity contribution >= 4 is 0 Å². The molecule has 1 rings (SSSR count). The summed E-state index contributed by atoms with van der Waals surface area (Å²) >= 11 is 0. The second-order valence-corrected chi connectivity index (χ2v) is 5.39. The van der Waals surface area contributed by atoms with Gasteiger partial charge in [0.2, 0.25) is 0 Å². The fourth-order valence-corrected chi connectivity index (χ4v) is 2.65. The fraction of sp³-hybridized carbons (Fsp3) is 0.909. The molecule has 1 nitrogen and oxygen atoms in total. The zero-order valence-corrected chi connectivity index (χ0v) is 8.69. The Morgan fingerprint density at radius 2 is 1.92 bits per heavy atom. The summed E-state index contributed by atoms with van der Waals surface area (Å²) in [7, 11) is 0. The highest BCUT2D eigenvalue weighted by atomic mass is 14.5. The van der Waals surface area contributed by atoms with Gasteiger partial charge in [-0.25, -0.2) is 0 Å². The van der Waals surface area contributed by atoms with E-state index in [0.717, 1.165) is 6.54 Å². The van der Waals surface area contributed by atoms with Gasteiger partial charge in [-0.1, -0.05) is 20.8 Å². The minimum atomic E-state index is 0.483. The number of hydrogen-bond donors (Lipinski definition) is 1. The van der Waals surface area contributed by atoms with E-state index < -0.39 is 0 Å². The number of hydrogen-bond acceptors (Lipinski definition) is 1. The topological polar surface area (TPSA) is 26.0 Å². The molecule has 1 aliphatic rings. The van der Waals surface area contributed by atoms with Crippen LogP contribution in [-0.2, 0) is 0 Å². The molecule has 1 aliphatic carbocycles. The molecule has 1 saturated carbocycles. The summed E-state index contributed by atoms with van der Waals surface area (Å²) in [6.07, 6.45) is 7.47. The van der Waals surface area contributed by atoms with Crippen LogP contribution in [-0.4, -0.2) is 6.54 Å². The molecule has 1 unspecified atom stereocenters. The molecule has 0 amide bonds. The molecule has 1 heteroatoms. The van der Waals surface area contributed by atoms with Crippen molar-refractivity contribution in [3.63, 3.8) is 0 Å². The van der Waals surface area contributed by atoms with Crippen LogP contribution in [0.25, 0.3) is 0 Å². The second-order valence-electron chi connectivity index (χ2n) is 5.39. The lowest BCUT2D eigenvalue weighted by Crippen LogP contribution is -2.32. The average molecular weight is 168 g/mol. The molecular weight excluding hydrogens is 146 g/mol. The Bertz CT molecular complexity index is 147. The van der Waals surface area contributed by atoms with E-state index in [0.29, 0.717) is 10.8 Å². The quantitative estimate of drug-likeness (QED) is 0.674. The highest BCUT2D eigenvalue weighted by Crippen LogP contribution is 2.46. The van der Waals surface area contributed by atoms with Crippen LogP contribution in [0.1, 0.15) is 46.5 Å². The van der Waals surface area contributed by atoms with Crippen molar-refractivity contribution in [1.82, 2.24) is 0 Å². The molecule has 0 aromatic heterocycles. The third kappa shape index (κ3) is 2.48. The van der Waals surface area contributed by atoms with Gasteiger partial charge in [0, 0.05) is 0 Å². The lowest BCUT2D eigenvalue weighted by atomic mass is 9.63. The molecule has 71 valence electrons. The lowest BCUT2D eigenvalue weighted by molar-refractivity contribution is 0.125. The lowest BCUT2D eigenvalue weighted by Gasteiger charge is -2.42. The van der Waals surface area contributed by atoms with Gasteiger partial charge in [0.1, 0.15) is 0 Å². The summed E-state index contributed by atoms with van der Waals surface area (Å²) in [5.74, 6) is 0. The predicted molar refractivity (Wildman–Crippen MR) is 53.7 cm³/mol. The van der Waals surface area contributed by atoms with Gasteiger partial charge in [0.25, 0.3) is 0 Å². The summed E-state index contributed by atoms with van der Waals surface area (Å²) < 4.78 is 0. The molecule has 0 aliphatic heterocycles. The smallest absolute Gasteiger partial charge is 0.00721 e. The maximum absolute atomic E-state index is 5.62. The third-order valence-corrected chi connectivity index (χ3v) is 2.99. The summed E-state index contributed by atoms with van der Waals surface area (Å²) in [5, 5.41) is 0. The van der Waals surface area contributed by atoms with Crippen LogP contribution >= 0.6 is 0 Å². The molecular formula is C11H22N. The van der Waals surface area contributed by atoms with Gasteiger partial charge in [-0.3, -0.25) is 0 Å². The molecule has 1 radical (unpaired) electrons. The molecule has 1 fully saturated rings. The van der Waals surface area contributed by atoms with Crippen molar-refractivity contribution < 1.29 is 0 Å². The van der Waals surface area contributed by atoms with Gasteiger partial charge < -0.3 is 5.73 Å². The predicted octanol–water partition coefficient (Wildman–Crippen LogP) is 2.76. The minimum absolute atomic E-state index is 0.483. The first-order valence-electron chi connectivity index (χ1n) is 4.99. The van der Waals surface area contributed by atoms with Crippen LogP contribution in [0.2, 0.25) is 0 Å². The van der Waals surface area contributed by atoms with Crippen molar-refractivity contribution in [3.8, 4) is 0 Å². The van der Waals surface area contributed by atoms with E-state index in [1.54, 1.807) is 0 Å². The SMILES string of the molecule is CC1(C)C[CH]CC(C)(CCN)C1. The molecule has 12 heavy (non-hydrogen) atoms. The van der Waals surface area contributed by atoms with Crippen molar-refractivity contribution in [1.29, 1.82) is 0 Å². The van der Waals surface area contributed by atoms with Gasteiger partial charge in [-0.05, 0) is 49.5 Å². The van der Waals surface area contributed by atoms with E-state index in [1.807, 2.05) is 0 Å². The fourth-order valence-electron chi connectivity index (χ4n) is 2.65. The first kappa shape index (κ1) is 10.0. The Hall–Kier alpha value is -0.0400. The standard InChI is InChI=1S/C11H22N/c1-10(2)5-4-6-11(3,9-10)7-8-12/h4H,5-9,12H2,1-3H3. The monoisotopic (exact) mass is 168 g/mol. The second kappa shape index (κ2) is 3.37. The minimum Gasteiger partial charge on any atom is -0.330 e. The summed E-state index contributed by atoms with van der Waals surface area (Å²) in [4.78, 5) is 0. The van der Waals surface area contributed by atoms with Crippen molar-refractivity contribution in [2.24, 2.45) is 16.6 Å². The molecule has 0 saturated heterocycles. The summed E-state index contributed by atoms with van der Waals surface area (Å²) in [5.41, 5.74) is 6.60. The van der Waals surface area contributed by atoms with Crippen LogP contribution < -0.4 is 5.73 Å².